The molecule has 3 fully saturated rings. The number of rotatable bonds is 7. The quantitative estimate of drug-likeness (QED) is 0.478. The minimum Gasteiger partial charge on any atom is -0.381 e. The highest BCUT2D eigenvalue weighted by molar-refractivity contribution is 5.93. The number of hydrogen-bond acceptors (Lipinski definition) is 5. The van der Waals surface area contributed by atoms with Crippen LogP contribution in [0.1, 0.15) is 91.0 Å². The van der Waals surface area contributed by atoms with E-state index in [-0.39, 0.29) is 11.7 Å². The third-order valence-corrected chi connectivity index (χ3v) is 9.38. The Bertz CT molecular complexity index is 1060. The summed E-state index contributed by atoms with van der Waals surface area (Å²) in [6, 6.07) is 7.61. The highest BCUT2D eigenvalue weighted by Crippen LogP contribution is 2.38. The van der Waals surface area contributed by atoms with E-state index in [4.69, 9.17) is 4.74 Å². The first-order valence-corrected chi connectivity index (χ1v) is 14.6. The number of piperidine rings is 2. The molecule has 2 aromatic rings. The molecule has 38 heavy (non-hydrogen) atoms. The number of nitrogens with zero attached hydrogens (tertiary/aromatic N) is 4. The van der Waals surface area contributed by atoms with Gasteiger partial charge in [-0.3, -0.25) is 4.79 Å². The number of ether oxygens (including phenoxy) is 1. The Morgan fingerprint density at radius 1 is 1.00 bits per heavy atom. The van der Waals surface area contributed by atoms with Crippen LogP contribution in [0.4, 0.5) is 4.39 Å². The molecule has 0 spiro atoms. The van der Waals surface area contributed by atoms with Gasteiger partial charge in [0, 0.05) is 50.6 Å². The fraction of sp³-hybridized carbons (Fsp3) is 0.645. The lowest BCUT2D eigenvalue weighted by Crippen LogP contribution is -2.49. The van der Waals surface area contributed by atoms with Crippen molar-refractivity contribution in [2.45, 2.75) is 89.2 Å². The van der Waals surface area contributed by atoms with Crippen molar-refractivity contribution in [1.82, 2.24) is 19.8 Å². The van der Waals surface area contributed by atoms with E-state index in [1.807, 2.05) is 31.1 Å². The van der Waals surface area contributed by atoms with Crippen molar-refractivity contribution >= 4 is 5.91 Å². The summed E-state index contributed by atoms with van der Waals surface area (Å²) in [5, 5.41) is 0. The molecule has 1 aromatic heterocycles. The van der Waals surface area contributed by atoms with Crippen LogP contribution in [-0.2, 0) is 11.2 Å². The maximum absolute atomic E-state index is 13.4. The van der Waals surface area contributed by atoms with Crippen LogP contribution >= 0.6 is 0 Å². The molecule has 3 aliphatic rings. The highest BCUT2D eigenvalue weighted by Gasteiger charge is 2.31. The molecule has 0 bridgehead atoms. The molecule has 2 atom stereocenters. The largest absolute Gasteiger partial charge is 0.381 e. The molecule has 1 aliphatic carbocycles. The first-order chi connectivity index (χ1) is 18.5. The maximum Gasteiger partial charge on any atom is 0.272 e. The van der Waals surface area contributed by atoms with E-state index in [0.29, 0.717) is 29.7 Å². The molecule has 1 saturated carbocycles. The monoisotopic (exact) mass is 522 g/mol. The fourth-order valence-corrected chi connectivity index (χ4v) is 6.95. The van der Waals surface area contributed by atoms with Crippen LogP contribution in [0.5, 0.6) is 0 Å². The third kappa shape index (κ3) is 6.42. The van der Waals surface area contributed by atoms with Gasteiger partial charge < -0.3 is 14.5 Å². The number of carbonyl (C=O) groups is 1. The van der Waals surface area contributed by atoms with Crippen LogP contribution in [-0.4, -0.2) is 71.1 Å². The summed E-state index contributed by atoms with van der Waals surface area (Å²) in [6.07, 6.45) is 12.9. The topological polar surface area (TPSA) is 58.6 Å². The van der Waals surface area contributed by atoms with E-state index in [1.165, 1.54) is 24.8 Å². The predicted molar refractivity (Wildman–Crippen MR) is 147 cm³/mol. The summed E-state index contributed by atoms with van der Waals surface area (Å²) < 4.78 is 18.9. The lowest BCUT2D eigenvalue weighted by molar-refractivity contribution is 0.0144. The first-order valence-electron chi connectivity index (χ1n) is 14.6. The summed E-state index contributed by atoms with van der Waals surface area (Å²) >= 11 is 0. The Labute approximate surface area is 227 Å². The molecule has 0 radical (unpaired) electrons. The van der Waals surface area contributed by atoms with E-state index >= 15 is 0 Å². The number of amides is 1. The van der Waals surface area contributed by atoms with Crippen molar-refractivity contribution in [3.8, 4) is 0 Å². The van der Waals surface area contributed by atoms with Crippen molar-refractivity contribution in [3.05, 3.63) is 58.9 Å². The molecular formula is C31H43FN4O2. The summed E-state index contributed by atoms with van der Waals surface area (Å²) in [4.78, 5) is 27.1. The molecule has 0 N–H and O–H groups in total. The SMILES string of the molecule is COC1CCN(C2CCN(C(=O)c3ncnc(CCC4CCCC(c5ccc(F)cc5)C4)c3C)CC2)CC1. The van der Waals surface area contributed by atoms with Crippen LogP contribution in [0.2, 0.25) is 0 Å². The fourth-order valence-electron chi connectivity index (χ4n) is 6.95. The summed E-state index contributed by atoms with van der Waals surface area (Å²) in [5.41, 5.74) is 3.77. The molecule has 1 amide bonds. The smallest absolute Gasteiger partial charge is 0.272 e. The summed E-state index contributed by atoms with van der Waals surface area (Å²) in [5.74, 6) is 1.02. The number of halogens is 1. The molecule has 206 valence electrons. The second-order valence-electron chi connectivity index (χ2n) is 11.6. The van der Waals surface area contributed by atoms with Gasteiger partial charge in [-0.2, -0.15) is 0 Å². The van der Waals surface area contributed by atoms with Gasteiger partial charge in [0.2, 0.25) is 0 Å². The number of aromatic nitrogens is 2. The van der Waals surface area contributed by atoms with Gasteiger partial charge in [0.05, 0.1) is 6.10 Å². The molecule has 3 heterocycles. The Hall–Kier alpha value is -2.38. The lowest BCUT2D eigenvalue weighted by Gasteiger charge is -2.41. The van der Waals surface area contributed by atoms with Crippen LogP contribution < -0.4 is 0 Å². The Morgan fingerprint density at radius 2 is 1.74 bits per heavy atom. The average Bonchev–Trinajstić information content (AvgIpc) is 2.97. The van der Waals surface area contributed by atoms with E-state index in [9.17, 15) is 9.18 Å². The molecule has 2 unspecified atom stereocenters. The first kappa shape index (κ1) is 27.2. The summed E-state index contributed by atoms with van der Waals surface area (Å²) in [6.45, 7) is 5.78. The number of aryl methyl sites for hydroxylation is 1. The molecule has 7 heteroatoms. The number of benzene rings is 1. The van der Waals surface area contributed by atoms with Gasteiger partial charge in [0.25, 0.3) is 5.91 Å². The predicted octanol–water partition coefficient (Wildman–Crippen LogP) is 5.55. The minimum atomic E-state index is -0.169. The van der Waals surface area contributed by atoms with Gasteiger partial charge in [-0.05, 0) is 87.8 Å². The van der Waals surface area contributed by atoms with Gasteiger partial charge in [-0.1, -0.05) is 25.0 Å². The normalized spacial score (nSPS) is 24.0. The molecule has 5 rings (SSSR count). The average molecular weight is 523 g/mol. The third-order valence-electron chi connectivity index (χ3n) is 9.38. The molecule has 2 aliphatic heterocycles. The van der Waals surface area contributed by atoms with Gasteiger partial charge in [0.15, 0.2) is 0 Å². The molecule has 6 nitrogen and oxygen atoms in total. The van der Waals surface area contributed by atoms with E-state index < -0.39 is 0 Å². The zero-order valence-corrected chi connectivity index (χ0v) is 23.1. The maximum atomic E-state index is 13.4. The number of hydrogen-bond donors (Lipinski definition) is 0. The van der Waals surface area contributed by atoms with E-state index in [2.05, 4.69) is 14.9 Å². The van der Waals surface area contributed by atoms with E-state index in [0.717, 1.165) is 82.4 Å². The zero-order valence-electron chi connectivity index (χ0n) is 23.1. The zero-order chi connectivity index (χ0) is 26.5. The Kier molecular flexibility index (Phi) is 9.05. The van der Waals surface area contributed by atoms with Crippen LogP contribution in [0.25, 0.3) is 0 Å². The van der Waals surface area contributed by atoms with E-state index in [1.54, 1.807) is 18.5 Å². The van der Waals surface area contributed by atoms with Gasteiger partial charge >= 0.3 is 0 Å². The van der Waals surface area contributed by atoms with Crippen LogP contribution in [0.3, 0.4) is 0 Å². The van der Waals surface area contributed by atoms with Crippen LogP contribution in [0.15, 0.2) is 30.6 Å². The highest BCUT2D eigenvalue weighted by atomic mass is 19.1. The van der Waals surface area contributed by atoms with Crippen molar-refractivity contribution in [3.63, 3.8) is 0 Å². The van der Waals surface area contributed by atoms with Crippen LogP contribution in [0, 0.1) is 18.7 Å². The van der Waals surface area contributed by atoms with Crippen molar-refractivity contribution in [1.29, 1.82) is 0 Å². The lowest BCUT2D eigenvalue weighted by atomic mass is 9.76. The summed E-state index contributed by atoms with van der Waals surface area (Å²) in [7, 11) is 1.81. The molecular weight excluding hydrogens is 479 g/mol. The van der Waals surface area contributed by atoms with Crippen molar-refractivity contribution in [2.75, 3.05) is 33.3 Å². The minimum absolute atomic E-state index is 0.0525. The Balaban J connectivity index is 1.14. The molecule has 2 saturated heterocycles. The number of likely N-dealkylation sites (tertiary alicyclic amines) is 2. The van der Waals surface area contributed by atoms with Gasteiger partial charge in [-0.15, -0.1) is 0 Å². The standard InChI is InChI=1S/C31H43FN4O2/c1-22-29(11-6-23-4-3-5-25(20-23)24-7-9-26(32)10-8-24)33-21-34-30(22)31(37)36-16-12-27(13-17-36)35-18-14-28(38-2)15-19-35/h7-10,21,23,25,27-28H,3-6,11-20H2,1-2H3. The molecule has 1 aromatic carbocycles. The van der Waals surface area contributed by atoms with Gasteiger partial charge in [0.1, 0.15) is 17.8 Å². The van der Waals surface area contributed by atoms with Gasteiger partial charge in [-0.25, -0.2) is 14.4 Å². The number of carbonyl (C=O) groups excluding carboxylic acids is 1. The number of methoxy groups -OCH3 is 1. The second kappa shape index (κ2) is 12.6. The Morgan fingerprint density at radius 3 is 2.45 bits per heavy atom. The second-order valence-corrected chi connectivity index (χ2v) is 11.6. The van der Waals surface area contributed by atoms with Crippen molar-refractivity contribution in [2.24, 2.45) is 5.92 Å². The van der Waals surface area contributed by atoms with Crippen molar-refractivity contribution < 1.29 is 13.9 Å².